The predicted molar refractivity (Wildman–Crippen MR) is 75.8 cm³/mol. The average molecular weight is 254 g/mol. The summed E-state index contributed by atoms with van der Waals surface area (Å²) in [5.41, 5.74) is 2.61. The number of hydrogen-bond acceptors (Lipinski definition) is 2. The number of hydrogen-bond donors (Lipinski definition) is 0. The summed E-state index contributed by atoms with van der Waals surface area (Å²) >= 11 is 0. The summed E-state index contributed by atoms with van der Waals surface area (Å²) in [4.78, 5) is 18.6. The Morgan fingerprint density at radius 3 is 2.47 bits per heavy atom. The standard InChI is InChI=1S/C16H18N2O/c1-3-18(12-15-11-7-8-13(2)17-15)16(19)14-9-5-4-6-10-14/h4-11H,3,12H2,1-2H3. The van der Waals surface area contributed by atoms with Gasteiger partial charge in [-0.25, -0.2) is 0 Å². The second kappa shape index (κ2) is 6.14. The Balaban J connectivity index is 2.15. The molecule has 0 aliphatic carbocycles. The molecule has 0 unspecified atom stereocenters. The molecule has 0 N–H and O–H groups in total. The van der Waals surface area contributed by atoms with Gasteiger partial charge in [-0.15, -0.1) is 0 Å². The third-order valence-corrected chi connectivity index (χ3v) is 2.99. The highest BCUT2D eigenvalue weighted by atomic mass is 16.2. The van der Waals surface area contributed by atoms with Gasteiger partial charge in [-0.2, -0.15) is 0 Å². The highest BCUT2D eigenvalue weighted by Gasteiger charge is 2.14. The normalized spacial score (nSPS) is 10.2. The van der Waals surface area contributed by atoms with E-state index in [1.807, 2.05) is 62.4 Å². The number of aromatic nitrogens is 1. The van der Waals surface area contributed by atoms with E-state index >= 15 is 0 Å². The lowest BCUT2D eigenvalue weighted by Crippen LogP contribution is -2.30. The summed E-state index contributed by atoms with van der Waals surface area (Å²) in [7, 11) is 0. The zero-order valence-electron chi connectivity index (χ0n) is 11.3. The first-order valence-electron chi connectivity index (χ1n) is 6.47. The van der Waals surface area contributed by atoms with Crippen molar-refractivity contribution in [3.8, 4) is 0 Å². The summed E-state index contributed by atoms with van der Waals surface area (Å²) < 4.78 is 0. The van der Waals surface area contributed by atoms with E-state index in [0.29, 0.717) is 13.1 Å². The third kappa shape index (κ3) is 3.41. The van der Waals surface area contributed by atoms with Crippen LogP contribution in [0.2, 0.25) is 0 Å². The monoisotopic (exact) mass is 254 g/mol. The topological polar surface area (TPSA) is 33.2 Å². The zero-order chi connectivity index (χ0) is 13.7. The van der Waals surface area contributed by atoms with Crippen LogP contribution in [0.4, 0.5) is 0 Å². The lowest BCUT2D eigenvalue weighted by atomic mass is 10.2. The van der Waals surface area contributed by atoms with Crippen LogP contribution < -0.4 is 0 Å². The fourth-order valence-electron chi connectivity index (χ4n) is 1.97. The Kier molecular flexibility index (Phi) is 4.29. The van der Waals surface area contributed by atoms with Crippen LogP contribution in [0.3, 0.4) is 0 Å². The van der Waals surface area contributed by atoms with E-state index in [0.717, 1.165) is 17.0 Å². The van der Waals surface area contributed by atoms with Crippen LogP contribution in [0.15, 0.2) is 48.5 Å². The van der Waals surface area contributed by atoms with Gasteiger partial charge in [0.25, 0.3) is 5.91 Å². The molecule has 3 heteroatoms. The van der Waals surface area contributed by atoms with Gasteiger partial charge in [-0.05, 0) is 38.1 Å². The van der Waals surface area contributed by atoms with Crippen LogP contribution in [-0.4, -0.2) is 22.3 Å². The number of benzene rings is 1. The van der Waals surface area contributed by atoms with E-state index in [9.17, 15) is 4.79 Å². The highest BCUT2D eigenvalue weighted by molar-refractivity contribution is 5.94. The molecule has 1 heterocycles. The molecule has 1 aromatic heterocycles. The first-order valence-corrected chi connectivity index (χ1v) is 6.47. The maximum atomic E-state index is 12.4. The Morgan fingerprint density at radius 1 is 1.11 bits per heavy atom. The molecule has 98 valence electrons. The highest BCUT2D eigenvalue weighted by Crippen LogP contribution is 2.09. The minimum atomic E-state index is 0.0476. The van der Waals surface area contributed by atoms with Gasteiger partial charge < -0.3 is 4.90 Å². The van der Waals surface area contributed by atoms with Gasteiger partial charge in [0.1, 0.15) is 0 Å². The van der Waals surface area contributed by atoms with Crippen molar-refractivity contribution in [2.75, 3.05) is 6.54 Å². The number of rotatable bonds is 4. The molecule has 0 fully saturated rings. The summed E-state index contributed by atoms with van der Waals surface area (Å²) in [5.74, 6) is 0.0476. The Morgan fingerprint density at radius 2 is 1.84 bits per heavy atom. The van der Waals surface area contributed by atoms with Gasteiger partial charge in [0, 0.05) is 17.8 Å². The molecular formula is C16H18N2O. The minimum absolute atomic E-state index is 0.0476. The maximum Gasteiger partial charge on any atom is 0.254 e. The average Bonchev–Trinajstić information content (AvgIpc) is 2.45. The molecule has 0 saturated carbocycles. The first-order chi connectivity index (χ1) is 9.20. The lowest BCUT2D eigenvalue weighted by Gasteiger charge is -2.20. The number of aryl methyl sites for hydroxylation is 1. The quantitative estimate of drug-likeness (QED) is 0.840. The van der Waals surface area contributed by atoms with Crippen LogP contribution in [0.25, 0.3) is 0 Å². The first kappa shape index (κ1) is 13.3. The van der Waals surface area contributed by atoms with Gasteiger partial charge in [-0.1, -0.05) is 24.3 Å². The van der Waals surface area contributed by atoms with Gasteiger partial charge >= 0.3 is 0 Å². The molecular weight excluding hydrogens is 236 g/mol. The minimum Gasteiger partial charge on any atom is -0.333 e. The number of carbonyl (C=O) groups excluding carboxylic acids is 1. The van der Waals surface area contributed by atoms with E-state index < -0.39 is 0 Å². The maximum absolute atomic E-state index is 12.4. The molecule has 0 radical (unpaired) electrons. The van der Waals surface area contributed by atoms with Crippen molar-refractivity contribution < 1.29 is 4.79 Å². The van der Waals surface area contributed by atoms with Crippen molar-refractivity contribution in [1.29, 1.82) is 0 Å². The van der Waals surface area contributed by atoms with Crippen molar-refractivity contribution in [1.82, 2.24) is 9.88 Å². The number of nitrogens with zero attached hydrogens (tertiary/aromatic N) is 2. The second-order valence-corrected chi connectivity index (χ2v) is 4.46. The molecule has 2 aromatic rings. The van der Waals surface area contributed by atoms with Crippen molar-refractivity contribution in [2.45, 2.75) is 20.4 Å². The third-order valence-electron chi connectivity index (χ3n) is 2.99. The molecule has 1 amide bonds. The van der Waals surface area contributed by atoms with Gasteiger partial charge in [0.15, 0.2) is 0 Å². The van der Waals surface area contributed by atoms with Crippen molar-refractivity contribution >= 4 is 5.91 Å². The summed E-state index contributed by atoms with van der Waals surface area (Å²) in [6, 6.07) is 15.2. The van der Waals surface area contributed by atoms with Crippen molar-refractivity contribution in [2.24, 2.45) is 0 Å². The Hall–Kier alpha value is -2.16. The zero-order valence-corrected chi connectivity index (χ0v) is 11.3. The summed E-state index contributed by atoms with van der Waals surface area (Å²) in [6.45, 7) is 5.16. The summed E-state index contributed by atoms with van der Waals surface area (Å²) in [6.07, 6.45) is 0. The van der Waals surface area contributed by atoms with E-state index in [2.05, 4.69) is 4.98 Å². The van der Waals surface area contributed by atoms with E-state index in [1.165, 1.54) is 0 Å². The van der Waals surface area contributed by atoms with Crippen LogP contribution in [0.5, 0.6) is 0 Å². The molecule has 0 spiro atoms. The van der Waals surface area contributed by atoms with Crippen LogP contribution in [-0.2, 0) is 6.54 Å². The fourth-order valence-corrected chi connectivity index (χ4v) is 1.97. The second-order valence-electron chi connectivity index (χ2n) is 4.46. The Labute approximate surface area is 113 Å². The number of carbonyl (C=O) groups is 1. The molecule has 0 atom stereocenters. The summed E-state index contributed by atoms with van der Waals surface area (Å²) in [5, 5.41) is 0. The van der Waals surface area contributed by atoms with Gasteiger partial charge in [-0.3, -0.25) is 9.78 Å². The number of pyridine rings is 1. The molecule has 19 heavy (non-hydrogen) atoms. The molecule has 3 nitrogen and oxygen atoms in total. The largest absolute Gasteiger partial charge is 0.333 e. The van der Waals surface area contributed by atoms with Crippen molar-refractivity contribution in [3.05, 3.63) is 65.5 Å². The molecule has 0 aliphatic rings. The number of amides is 1. The fraction of sp³-hybridized carbons (Fsp3) is 0.250. The predicted octanol–water partition coefficient (Wildman–Crippen LogP) is 3.05. The lowest BCUT2D eigenvalue weighted by molar-refractivity contribution is 0.0750. The van der Waals surface area contributed by atoms with E-state index in [4.69, 9.17) is 0 Å². The van der Waals surface area contributed by atoms with Crippen molar-refractivity contribution in [3.63, 3.8) is 0 Å². The van der Waals surface area contributed by atoms with Gasteiger partial charge in [0.2, 0.25) is 0 Å². The Bertz CT molecular complexity index is 552. The van der Waals surface area contributed by atoms with Crippen LogP contribution in [0, 0.1) is 6.92 Å². The molecule has 1 aromatic carbocycles. The molecule has 0 saturated heterocycles. The van der Waals surface area contributed by atoms with Crippen LogP contribution in [0.1, 0.15) is 28.7 Å². The smallest absolute Gasteiger partial charge is 0.254 e. The van der Waals surface area contributed by atoms with E-state index in [-0.39, 0.29) is 5.91 Å². The molecule has 2 rings (SSSR count). The van der Waals surface area contributed by atoms with Gasteiger partial charge in [0.05, 0.1) is 12.2 Å². The molecule has 0 bridgehead atoms. The molecule has 0 aliphatic heterocycles. The van der Waals surface area contributed by atoms with E-state index in [1.54, 1.807) is 4.90 Å². The SMILES string of the molecule is CCN(Cc1cccc(C)n1)C(=O)c1ccccc1. The van der Waals surface area contributed by atoms with Crippen LogP contribution >= 0.6 is 0 Å².